The van der Waals surface area contributed by atoms with E-state index < -0.39 is 0 Å². The number of nitrogens with zero attached hydrogens (tertiary/aromatic N) is 1. The largest absolute Gasteiger partial charge is 0.372 e. The quantitative estimate of drug-likeness (QED) is 0.530. The van der Waals surface area contributed by atoms with Gasteiger partial charge in [0.2, 0.25) is 0 Å². The Bertz CT molecular complexity index is 299. The van der Waals surface area contributed by atoms with Crippen molar-refractivity contribution in [2.45, 2.75) is 33.1 Å². The van der Waals surface area contributed by atoms with Crippen molar-refractivity contribution in [2.75, 3.05) is 23.3 Å². The molecular weight excluding hydrogens is 262 g/mol. The average Bonchev–Trinajstić information content (AvgIpc) is 2.29. The number of hydrogen-bond acceptors (Lipinski definition) is 1. The first kappa shape index (κ1) is 13.6. The predicted molar refractivity (Wildman–Crippen MR) is 76.7 cm³/mol. The summed E-state index contributed by atoms with van der Waals surface area (Å²) in [5.74, 6) is 0. The van der Waals surface area contributed by atoms with Crippen molar-refractivity contribution in [1.29, 1.82) is 0 Å². The summed E-state index contributed by atoms with van der Waals surface area (Å²) >= 11 is 3.47. The van der Waals surface area contributed by atoms with Gasteiger partial charge in [-0.05, 0) is 44.4 Å². The van der Waals surface area contributed by atoms with Gasteiger partial charge in [-0.15, -0.1) is 0 Å². The lowest BCUT2D eigenvalue weighted by atomic mass is 10.2. The summed E-state index contributed by atoms with van der Waals surface area (Å²) in [6.07, 6.45) is 3.88. The van der Waals surface area contributed by atoms with Crippen molar-refractivity contribution in [1.82, 2.24) is 0 Å². The Labute approximate surface area is 108 Å². The minimum Gasteiger partial charge on any atom is -0.372 e. The van der Waals surface area contributed by atoms with Gasteiger partial charge in [-0.1, -0.05) is 34.5 Å². The van der Waals surface area contributed by atoms with Gasteiger partial charge in [-0.2, -0.15) is 0 Å². The maximum absolute atomic E-state index is 3.47. The molecular formula is C14H22BrN. The lowest BCUT2D eigenvalue weighted by Gasteiger charge is -2.23. The number of unbranched alkanes of at least 4 members (excludes halogenated alkanes) is 2. The van der Waals surface area contributed by atoms with Gasteiger partial charge in [0.05, 0.1) is 0 Å². The van der Waals surface area contributed by atoms with E-state index in [1.807, 2.05) is 0 Å². The molecule has 0 atom stereocenters. The van der Waals surface area contributed by atoms with Crippen LogP contribution in [0.4, 0.5) is 5.69 Å². The molecule has 0 heterocycles. The van der Waals surface area contributed by atoms with E-state index in [1.165, 1.54) is 37.1 Å². The summed E-state index contributed by atoms with van der Waals surface area (Å²) < 4.78 is 0. The fourth-order valence-corrected chi connectivity index (χ4v) is 2.26. The molecule has 0 N–H and O–H groups in total. The number of hydrogen-bond donors (Lipinski definition) is 0. The van der Waals surface area contributed by atoms with E-state index in [4.69, 9.17) is 0 Å². The maximum atomic E-state index is 3.47. The first-order chi connectivity index (χ1) is 7.77. The highest BCUT2D eigenvalue weighted by Gasteiger charge is 2.03. The molecule has 0 bridgehead atoms. The molecule has 0 radical (unpaired) electrons. The number of aryl methyl sites for hydroxylation is 1. The second kappa shape index (κ2) is 7.72. The van der Waals surface area contributed by atoms with Crippen LogP contribution in [0.1, 0.15) is 31.7 Å². The molecule has 1 aromatic rings. The highest BCUT2D eigenvalue weighted by Crippen LogP contribution is 2.16. The Hall–Kier alpha value is -0.500. The number of anilines is 1. The van der Waals surface area contributed by atoms with Crippen LogP contribution in [-0.2, 0) is 0 Å². The fraction of sp³-hybridized carbons (Fsp3) is 0.571. The minimum atomic E-state index is 1.10. The van der Waals surface area contributed by atoms with Gasteiger partial charge in [-0.3, -0.25) is 0 Å². The van der Waals surface area contributed by atoms with E-state index in [2.05, 4.69) is 58.9 Å². The van der Waals surface area contributed by atoms with Crippen molar-refractivity contribution in [2.24, 2.45) is 0 Å². The van der Waals surface area contributed by atoms with Crippen molar-refractivity contribution in [3.63, 3.8) is 0 Å². The third-order valence-corrected chi connectivity index (χ3v) is 3.37. The number of rotatable bonds is 7. The van der Waals surface area contributed by atoms with E-state index >= 15 is 0 Å². The van der Waals surface area contributed by atoms with Gasteiger partial charge in [0.25, 0.3) is 0 Å². The summed E-state index contributed by atoms with van der Waals surface area (Å²) in [5.41, 5.74) is 2.71. The summed E-state index contributed by atoms with van der Waals surface area (Å²) in [5, 5.41) is 1.13. The van der Waals surface area contributed by atoms with Crippen LogP contribution in [-0.4, -0.2) is 18.4 Å². The van der Waals surface area contributed by atoms with Crippen molar-refractivity contribution in [3.8, 4) is 0 Å². The third-order valence-electron chi connectivity index (χ3n) is 2.81. The lowest BCUT2D eigenvalue weighted by Crippen LogP contribution is -2.23. The zero-order chi connectivity index (χ0) is 11.8. The molecule has 1 rings (SSSR count). The van der Waals surface area contributed by atoms with Crippen LogP contribution in [0.5, 0.6) is 0 Å². The molecule has 0 saturated heterocycles. The molecule has 1 nitrogen and oxygen atoms in total. The van der Waals surface area contributed by atoms with Crippen LogP contribution in [0.2, 0.25) is 0 Å². The Morgan fingerprint density at radius 2 is 2.00 bits per heavy atom. The Balaban J connectivity index is 2.47. The lowest BCUT2D eigenvalue weighted by molar-refractivity contribution is 0.689. The molecule has 90 valence electrons. The average molecular weight is 284 g/mol. The van der Waals surface area contributed by atoms with Crippen LogP contribution >= 0.6 is 15.9 Å². The SMILES string of the molecule is CCN(CCCCCBr)c1cccc(C)c1. The van der Waals surface area contributed by atoms with Crippen LogP contribution in [0.3, 0.4) is 0 Å². The standard InChI is InChI=1S/C14H22BrN/c1-3-16(11-6-4-5-10-15)14-9-7-8-13(2)12-14/h7-9,12H,3-6,10-11H2,1-2H3. The van der Waals surface area contributed by atoms with Gasteiger partial charge in [0.15, 0.2) is 0 Å². The van der Waals surface area contributed by atoms with Gasteiger partial charge in [0.1, 0.15) is 0 Å². The molecule has 0 amide bonds. The van der Waals surface area contributed by atoms with Crippen LogP contribution in [0.25, 0.3) is 0 Å². The van der Waals surface area contributed by atoms with Crippen molar-refractivity contribution in [3.05, 3.63) is 29.8 Å². The minimum absolute atomic E-state index is 1.10. The zero-order valence-corrected chi connectivity index (χ0v) is 12.0. The topological polar surface area (TPSA) is 3.24 Å². The molecule has 0 aromatic heterocycles. The van der Waals surface area contributed by atoms with Crippen LogP contribution < -0.4 is 4.90 Å². The fourth-order valence-electron chi connectivity index (χ4n) is 1.87. The monoisotopic (exact) mass is 283 g/mol. The summed E-state index contributed by atoms with van der Waals surface area (Å²) in [4.78, 5) is 2.46. The normalized spacial score (nSPS) is 10.4. The van der Waals surface area contributed by atoms with Crippen molar-refractivity contribution >= 4 is 21.6 Å². The first-order valence-electron chi connectivity index (χ1n) is 6.15. The van der Waals surface area contributed by atoms with E-state index in [1.54, 1.807) is 0 Å². The van der Waals surface area contributed by atoms with Crippen LogP contribution in [0, 0.1) is 6.92 Å². The molecule has 16 heavy (non-hydrogen) atoms. The van der Waals surface area contributed by atoms with Crippen molar-refractivity contribution < 1.29 is 0 Å². The molecule has 2 heteroatoms. The number of benzene rings is 1. The predicted octanol–water partition coefficient (Wildman–Crippen LogP) is 4.39. The Morgan fingerprint density at radius 3 is 2.62 bits per heavy atom. The summed E-state index contributed by atoms with van der Waals surface area (Å²) in [6, 6.07) is 8.78. The maximum Gasteiger partial charge on any atom is 0.0368 e. The Morgan fingerprint density at radius 1 is 1.19 bits per heavy atom. The summed E-state index contributed by atoms with van der Waals surface area (Å²) in [7, 11) is 0. The smallest absolute Gasteiger partial charge is 0.0368 e. The second-order valence-corrected chi connectivity index (χ2v) is 4.96. The molecule has 0 aliphatic rings. The van der Waals surface area contributed by atoms with Crippen LogP contribution in [0.15, 0.2) is 24.3 Å². The van der Waals surface area contributed by atoms with E-state index in [9.17, 15) is 0 Å². The molecule has 0 aliphatic heterocycles. The van der Waals surface area contributed by atoms with Gasteiger partial charge in [0, 0.05) is 24.1 Å². The number of halogens is 1. The highest BCUT2D eigenvalue weighted by molar-refractivity contribution is 9.09. The molecule has 1 aromatic carbocycles. The van der Waals surface area contributed by atoms with Gasteiger partial charge < -0.3 is 4.90 Å². The highest BCUT2D eigenvalue weighted by atomic mass is 79.9. The van der Waals surface area contributed by atoms with E-state index in [-0.39, 0.29) is 0 Å². The Kier molecular flexibility index (Phi) is 6.55. The molecule has 0 aliphatic carbocycles. The third kappa shape index (κ3) is 4.56. The molecule has 0 saturated carbocycles. The van der Waals surface area contributed by atoms with E-state index in [0.29, 0.717) is 0 Å². The zero-order valence-electron chi connectivity index (χ0n) is 10.4. The molecule has 0 unspecified atom stereocenters. The number of alkyl halides is 1. The van der Waals surface area contributed by atoms with Gasteiger partial charge >= 0.3 is 0 Å². The summed E-state index contributed by atoms with van der Waals surface area (Å²) in [6.45, 7) is 6.65. The molecule has 0 spiro atoms. The van der Waals surface area contributed by atoms with E-state index in [0.717, 1.165) is 11.9 Å². The van der Waals surface area contributed by atoms with Gasteiger partial charge in [-0.25, -0.2) is 0 Å². The first-order valence-corrected chi connectivity index (χ1v) is 7.27. The molecule has 0 fully saturated rings. The second-order valence-electron chi connectivity index (χ2n) is 4.17.